The molecular formula is C10H12N6S. The third-order valence-corrected chi connectivity index (χ3v) is 2.68. The maximum Gasteiger partial charge on any atom is 0.253 e. The molecule has 0 saturated carbocycles. The van der Waals surface area contributed by atoms with E-state index in [0.29, 0.717) is 10.3 Å². The van der Waals surface area contributed by atoms with Crippen LogP contribution in [0.3, 0.4) is 0 Å². The van der Waals surface area contributed by atoms with Crippen LogP contribution < -0.4 is 10.6 Å². The molecule has 0 bridgehead atoms. The number of azo groups is 1. The van der Waals surface area contributed by atoms with Crippen molar-refractivity contribution in [3.05, 3.63) is 24.3 Å². The smallest absolute Gasteiger partial charge is 0.253 e. The summed E-state index contributed by atoms with van der Waals surface area (Å²) >= 11 is 1.20. The monoisotopic (exact) mass is 248 g/mol. The van der Waals surface area contributed by atoms with Crippen molar-refractivity contribution in [1.29, 1.82) is 0 Å². The van der Waals surface area contributed by atoms with Crippen molar-refractivity contribution in [2.75, 3.05) is 24.7 Å². The van der Waals surface area contributed by atoms with Gasteiger partial charge in [0, 0.05) is 19.8 Å². The Hall–Kier alpha value is -2.02. The number of nitrogen functional groups attached to an aromatic ring is 1. The summed E-state index contributed by atoms with van der Waals surface area (Å²) in [6, 6.07) is 7.73. The Morgan fingerprint density at radius 2 is 1.82 bits per heavy atom. The van der Waals surface area contributed by atoms with E-state index in [9.17, 15) is 0 Å². The standard InChI is InChI=1S/C10H12N6S/c1-16(2)8-5-3-7(4-6-8)12-14-10-15-13-9(11)17-10/h3-6H,1-2H3,(H2,11,13). The fraction of sp³-hybridized carbons (Fsp3) is 0.200. The van der Waals surface area contributed by atoms with E-state index < -0.39 is 0 Å². The van der Waals surface area contributed by atoms with Crippen molar-refractivity contribution in [3.63, 3.8) is 0 Å². The average Bonchev–Trinajstić information content (AvgIpc) is 2.73. The Kier molecular flexibility index (Phi) is 3.29. The third-order valence-electron chi connectivity index (χ3n) is 2.05. The molecule has 17 heavy (non-hydrogen) atoms. The van der Waals surface area contributed by atoms with Crippen LogP contribution in [0.25, 0.3) is 0 Å². The molecule has 2 N–H and O–H groups in total. The van der Waals surface area contributed by atoms with E-state index in [0.717, 1.165) is 11.4 Å². The van der Waals surface area contributed by atoms with Crippen LogP contribution in [0.15, 0.2) is 34.5 Å². The van der Waals surface area contributed by atoms with Gasteiger partial charge in [-0.1, -0.05) is 11.3 Å². The molecule has 1 aromatic heterocycles. The number of rotatable bonds is 3. The molecule has 0 aliphatic carbocycles. The van der Waals surface area contributed by atoms with E-state index in [1.807, 2.05) is 43.3 Å². The Morgan fingerprint density at radius 1 is 1.12 bits per heavy atom. The van der Waals surface area contributed by atoms with Crippen molar-refractivity contribution in [3.8, 4) is 0 Å². The average molecular weight is 248 g/mol. The minimum absolute atomic E-state index is 0.391. The van der Waals surface area contributed by atoms with Gasteiger partial charge in [-0.3, -0.25) is 0 Å². The van der Waals surface area contributed by atoms with Gasteiger partial charge in [0.05, 0.1) is 5.69 Å². The lowest BCUT2D eigenvalue weighted by Crippen LogP contribution is -2.07. The molecule has 7 heteroatoms. The van der Waals surface area contributed by atoms with Crippen molar-refractivity contribution < 1.29 is 0 Å². The number of aromatic nitrogens is 2. The van der Waals surface area contributed by atoms with Gasteiger partial charge in [-0.25, -0.2) is 0 Å². The fourth-order valence-electron chi connectivity index (χ4n) is 1.18. The second kappa shape index (κ2) is 4.88. The van der Waals surface area contributed by atoms with E-state index >= 15 is 0 Å². The molecule has 6 nitrogen and oxygen atoms in total. The van der Waals surface area contributed by atoms with Crippen LogP contribution in [0.5, 0.6) is 0 Å². The maximum atomic E-state index is 5.44. The van der Waals surface area contributed by atoms with Gasteiger partial charge >= 0.3 is 0 Å². The predicted octanol–water partition coefficient (Wildman–Crippen LogP) is 2.60. The fourth-order valence-corrected chi connectivity index (χ4v) is 1.62. The van der Waals surface area contributed by atoms with E-state index in [4.69, 9.17) is 5.73 Å². The van der Waals surface area contributed by atoms with Crippen LogP contribution in [0.4, 0.5) is 21.6 Å². The van der Waals surface area contributed by atoms with Crippen LogP contribution in [0, 0.1) is 0 Å². The molecule has 0 amide bonds. The van der Waals surface area contributed by atoms with Crippen molar-refractivity contribution in [1.82, 2.24) is 10.2 Å². The number of nitrogens with two attached hydrogens (primary N) is 1. The highest BCUT2D eigenvalue weighted by Gasteiger charge is 1.98. The highest BCUT2D eigenvalue weighted by Crippen LogP contribution is 2.24. The summed E-state index contributed by atoms with van der Waals surface area (Å²) in [5.41, 5.74) is 7.32. The van der Waals surface area contributed by atoms with Gasteiger partial charge in [0.1, 0.15) is 0 Å². The summed E-state index contributed by atoms with van der Waals surface area (Å²) in [6.45, 7) is 0. The molecule has 2 aromatic rings. The number of hydrogen-bond donors (Lipinski definition) is 1. The topological polar surface area (TPSA) is 79.8 Å². The number of anilines is 2. The zero-order valence-electron chi connectivity index (χ0n) is 9.53. The summed E-state index contributed by atoms with van der Waals surface area (Å²) in [4.78, 5) is 2.02. The Morgan fingerprint density at radius 3 is 2.35 bits per heavy atom. The molecule has 88 valence electrons. The van der Waals surface area contributed by atoms with Crippen LogP contribution in [0.2, 0.25) is 0 Å². The molecule has 0 aliphatic rings. The second-order valence-electron chi connectivity index (χ2n) is 3.53. The van der Waals surface area contributed by atoms with Crippen molar-refractivity contribution >= 4 is 33.0 Å². The molecule has 0 spiro atoms. The normalized spacial score (nSPS) is 10.9. The second-order valence-corrected chi connectivity index (χ2v) is 4.52. The minimum Gasteiger partial charge on any atom is -0.378 e. The molecule has 2 rings (SSSR count). The van der Waals surface area contributed by atoms with Gasteiger partial charge in [0.2, 0.25) is 5.13 Å². The molecule has 1 aromatic carbocycles. The molecule has 0 fully saturated rings. The summed E-state index contributed by atoms with van der Waals surface area (Å²) in [5.74, 6) is 0. The van der Waals surface area contributed by atoms with E-state index in [1.165, 1.54) is 11.3 Å². The first-order chi connectivity index (χ1) is 8.15. The summed E-state index contributed by atoms with van der Waals surface area (Å²) in [5, 5.41) is 16.2. The van der Waals surface area contributed by atoms with E-state index in [2.05, 4.69) is 20.4 Å². The Balaban J connectivity index is 2.11. The molecule has 1 heterocycles. The zero-order valence-corrected chi connectivity index (χ0v) is 10.3. The SMILES string of the molecule is CN(C)c1ccc(N=Nc2nnc(N)s2)cc1. The number of nitrogens with zero attached hydrogens (tertiary/aromatic N) is 5. The van der Waals surface area contributed by atoms with Gasteiger partial charge in [-0.15, -0.1) is 20.4 Å². The lowest BCUT2D eigenvalue weighted by molar-refractivity contribution is 1.06. The quantitative estimate of drug-likeness (QED) is 0.847. The van der Waals surface area contributed by atoms with E-state index in [-0.39, 0.29) is 0 Å². The van der Waals surface area contributed by atoms with Crippen LogP contribution >= 0.6 is 11.3 Å². The predicted molar refractivity (Wildman–Crippen MR) is 69.3 cm³/mol. The molecule has 0 saturated heterocycles. The zero-order chi connectivity index (χ0) is 12.3. The third kappa shape index (κ3) is 2.97. The van der Waals surface area contributed by atoms with Crippen LogP contribution in [0.1, 0.15) is 0 Å². The summed E-state index contributed by atoms with van der Waals surface area (Å²) in [6.07, 6.45) is 0. The van der Waals surface area contributed by atoms with Gasteiger partial charge < -0.3 is 10.6 Å². The van der Waals surface area contributed by atoms with Crippen LogP contribution in [-0.2, 0) is 0 Å². The summed E-state index contributed by atoms with van der Waals surface area (Å²) < 4.78 is 0. The molecular weight excluding hydrogens is 236 g/mol. The van der Waals surface area contributed by atoms with Crippen molar-refractivity contribution in [2.45, 2.75) is 0 Å². The lowest BCUT2D eigenvalue weighted by atomic mass is 10.3. The van der Waals surface area contributed by atoms with E-state index in [1.54, 1.807) is 0 Å². The van der Waals surface area contributed by atoms with Gasteiger partial charge in [-0.05, 0) is 24.3 Å². The summed E-state index contributed by atoms with van der Waals surface area (Å²) in [7, 11) is 3.97. The number of hydrogen-bond acceptors (Lipinski definition) is 7. The first-order valence-corrected chi connectivity index (χ1v) is 5.75. The highest BCUT2D eigenvalue weighted by atomic mass is 32.1. The first-order valence-electron chi connectivity index (χ1n) is 4.93. The van der Waals surface area contributed by atoms with Gasteiger partial charge in [0.15, 0.2) is 0 Å². The largest absolute Gasteiger partial charge is 0.378 e. The minimum atomic E-state index is 0.391. The van der Waals surface area contributed by atoms with Gasteiger partial charge in [-0.2, -0.15) is 0 Å². The maximum absolute atomic E-state index is 5.44. The molecule has 0 atom stereocenters. The molecule has 0 aliphatic heterocycles. The molecule has 0 radical (unpaired) electrons. The lowest BCUT2D eigenvalue weighted by Gasteiger charge is -2.11. The highest BCUT2D eigenvalue weighted by molar-refractivity contribution is 7.18. The van der Waals surface area contributed by atoms with Crippen molar-refractivity contribution in [2.24, 2.45) is 10.2 Å². The first kappa shape index (κ1) is 11.5. The Bertz CT molecular complexity index is 516. The molecule has 0 unspecified atom stereocenters. The number of benzene rings is 1. The Labute approximate surface area is 103 Å². The van der Waals surface area contributed by atoms with Gasteiger partial charge in [0.25, 0.3) is 5.13 Å². The van der Waals surface area contributed by atoms with Crippen LogP contribution in [-0.4, -0.2) is 24.3 Å².